The van der Waals surface area contributed by atoms with Gasteiger partial charge in [-0.25, -0.2) is 4.39 Å². The normalized spacial score (nSPS) is 15.8. The molecule has 0 aliphatic carbocycles. The fourth-order valence-electron chi connectivity index (χ4n) is 3.59. The van der Waals surface area contributed by atoms with Gasteiger partial charge in [-0.2, -0.15) is 0 Å². The van der Waals surface area contributed by atoms with Gasteiger partial charge in [0.15, 0.2) is 5.76 Å². The van der Waals surface area contributed by atoms with E-state index >= 15 is 0 Å². The summed E-state index contributed by atoms with van der Waals surface area (Å²) in [6, 6.07) is 19.3. The lowest BCUT2D eigenvalue weighted by molar-refractivity contribution is -0.909. The van der Waals surface area contributed by atoms with Gasteiger partial charge in [0.25, 0.3) is 5.91 Å². The molecule has 1 fully saturated rings. The zero-order chi connectivity index (χ0) is 20.1. The Balaban J connectivity index is 1.51. The summed E-state index contributed by atoms with van der Waals surface area (Å²) in [6.07, 6.45) is 0. The van der Waals surface area contributed by atoms with Crippen molar-refractivity contribution < 1.29 is 23.2 Å². The summed E-state index contributed by atoms with van der Waals surface area (Å²) in [6.45, 7) is 4.05. The molecule has 29 heavy (non-hydrogen) atoms. The fourth-order valence-corrected chi connectivity index (χ4v) is 3.59. The average molecular weight is 395 g/mol. The maximum atomic E-state index is 14.0. The van der Waals surface area contributed by atoms with E-state index in [1.807, 2.05) is 30.3 Å². The molecule has 2 aromatic carbocycles. The third-order valence-electron chi connectivity index (χ3n) is 5.17. The number of morpholine rings is 1. The summed E-state index contributed by atoms with van der Waals surface area (Å²) in [5.74, 6) is -0.189. The van der Waals surface area contributed by atoms with Gasteiger partial charge in [-0.1, -0.05) is 42.5 Å². The third-order valence-corrected chi connectivity index (χ3v) is 5.17. The number of furan rings is 1. The lowest BCUT2D eigenvalue weighted by atomic mass is 10.1. The van der Waals surface area contributed by atoms with Crippen molar-refractivity contribution in [2.24, 2.45) is 0 Å². The first-order valence-electron chi connectivity index (χ1n) is 9.82. The first kappa shape index (κ1) is 19.4. The van der Waals surface area contributed by atoms with Gasteiger partial charge in [0, 0.05) is 0 Å². The molecular formula is C23H24FN2O3+. The molecule has 1 amide bonds. The zero-order valence-corrected chi connectivity index (χ0v) is 16.1. The molecule has 150 valence electrons. The van der Waals surface area contributed by atoms with Crippen molar-refractivity contribution in [2.75, 3.05) is 32.8 Å². The highest BCUT2D eigenvalue weighted by Crippen LogP contribution is 2.25. The topological polar surface area (TPSA) is 55.9 Å². The molecule has 0 saturated carbocycles. The van der Waals surface area contributed by atoms with Gasteiger partial charge in [0.1, 0.15) is 37.3 Å². The van der Waals surface area contributed by atoms with E-state index in [1.54, 1.807) is 30.3 Å². The van der Waals surface area contributed by atoms with Gasteiger partial charge in [-0.05, 0) is 29.8 Å². The number of rotatable bonds is 6. The molecule has 2 N–H and O–H groups in total. The highest BCUT2D eigenvalue weighted by atomic mass is 19.1. The smallest absolute Gasteiger partial charge is 0.287 e. The molecule has 2 heterocycles. The highest BCUT2D eigenvalue weighted by molar-refractivity contribution is 5.92. The molecule has 0 bridgehead atoms. The number of amides is 1. The van der Waals surface area contributed by atoms with E-state index < -0.39 is 0 Å². The molecule has 1 aliphatic rings. The Morgan fingerprint density at radius 2 is 1.72 bits per heavy atom. The van der Waals surface area contributed by atoms with Crippen LogP contribution in [0, 0.1) is 5.82 Å². The number of halogens is 1. The summed E-state index contributed by atoms with van der Waals surface area (Å²) < 4.78 is 25.1. The minimum atomic E-state index is -0.383. The standard InChI is InChI=1S/C23H23FN2O3/c24-19-9-5-4-8-18(19)21-10-11-22(29-21)23(27)25-20(17-6-2-1-3-7-17)16-26-12-14-28-15-13-26/h1-11,20H,12-16H2,(H,25,27)/p+1/t20-/m1/s1. The van der Waals surface area contributed by atoms with E-state index in [-0.39, 0.29) is 23.5 Å². The van der Waals surface area contributed by atoms with Gasteiger partial charge >= 0.3 is 0 Å². The Hall–Kier alpha value is -2.96. The lowest BCUT2D eigenvalue weighted by Crippen LogP contribution is -3.14. The maximum Gasteiger partial charge on any atom is 0.287 e. The average Bonchev–Trinajstić information content (AvgIpc) is 3.25. The van der Waals surface area contributed by atoms with E-state index in [1.165, 1.54) is 11.0 Å². The van der Waals surface area contributed by atoms with E-state index in [2.05, 4.69) is 5.32 Å². The van der Waals surface area contributed by atoms with Crippen LogP contribution in [-0.4, -0.2) is 38.8 Å². The minimum absolute atomic E-state index is 0.154. The van der Waals surface area contributed by atoms with Crippen LogP contribution in [0.25, 0.3) is 11.3 Å². The van der Waals surface area contributed by atoms with Gasteiger partial charge in [-0.15, -0.1) is 0 Å². The lowest BCUT2D eigenvalue weighted by Gasteiger charge is -2.28. The molecule has 0 spiro atoms. The van der Waals surface area contributed by atoms with Crippen molar-refractivity contribution >= 4 is 5.91 Å². The quantitative estimate of drug-likeness (QED) is 0.674. The second-order valence-corrected chi connectivity index (χ2v) is 7.15. The summed E-state index contributed by atoms with van der Waals surface area (Å²) >= 11 is 0. The fraction of sp³-hybridized carbons (Fsp3) is 0.261. The van der Waals surface area contributed by atoms with Crippen molar-refractivity contribution in [3.05, 3.63) is 83.9 Å². The van der Waals surface area contributed by atoms with Crippen LogP contribution in [0.3, 0.4) is 0 Å². The summed E-state index contributed by atoms with van der Waals surface area (Å²) in [7, 11) is 0. The number of hydrogen-bond acceptors (Lipinski definition) is 3. The first-order chi connectivity index (χ1) is 14.2. The maximum absolute atomic E-state index is 14.0. The van der Waals surface area contributed by atoms with Crippen LogP contribution in [-0.2, 0) is 4.74 Å². The van der Waals surface area contributed by atoms with Crippen molar-refractivity contribution in [1.82, 2.24) is 5.32 Å². The van der Waals surface area contributed by atoms with E-state index in [4.69, 9.17) is 9.15 Å². The van der Waals surface area contributed by atoms with Gasteiger partial charge in [0.05, 0.1) is 18.8 Å². The Bertz CT molecular complexity index is 952. The number of carbonyl (C=O) groups excluding carboxylic acids is 1. The molecule has 6 heteroatoms. The Morgan fingerprint density at radius 3 is 2.48 bits per heavy atom. The van der Waals surface area contributed by atoms with Gasteiger partial charge in [-0.3, -0.25) is 4.79 Å². The number of nitrogens with one attached hydrogen (secondary N) is 2. The molecule has 1 saturated heterocycles. The van der Waals surface area contributed by atoms with Gasteiger partial charge in [0.2, 0.25) is 0 Å². The first-order valence-corrected chi connectivity index (χ1v) is 9.82. The molecule has 3 aromatic rings. The predicted octanol–water partition coefficient (Wildman–Crippen LogP) is 2.47. The van der Waals surface area contributed by atoms with Crippen molar-refractivity contribution in [3.63, 3.8) is 0 Å². The van der Waals surface area contributed by atoms with Crippen molar-refractivity contribution in [2.45, 2.75) is 6.04 Å². The molecule has 5 nitrogen and oxygen atoms in total. The van der Waals surface area contributed by atoms with E-state index in [0.29, 0.717) is 11.3 Å². The highest BCUT2D eigenvalue weighted by Gasteiger charge is 2.24. The zero-order valence-electron chi connectivity index (χ0n) is 16.1. The monoisotopic (exact) mass is 395 g/mol. The predicted molar refractivity (Wildman–Crippen MR) is 107 cm³/mol. The molecule has 4 rings (SSSR count). The summed E-state index contributed by atoms with van der Waals surface area (Å²) in [5.41, 5.74) is 1.38. The van der Waals surface area contributed by atoms with Crippen LogP contribution >= 0.6 is 0 Å². The van der Waals surface area contributed by atoms with Crippen LogP contribution in [0.4, 0.5) is 4.39 Å². The second-order valence-electron chi connectivity index (χ2n) is 7.15. The number of benzene rings is 2. The number of carbonyl (C=O) groups is 1. The van der Waals surface area contributed by atoms with Crippen LogP contribution in [0.5, 0.6) is 0 Å². The molecule has 1 aromatic heterocycles. The SMILES string of the molecule is O=C(N[C@H](C[NH+]1CCOCC1)c1ccccc1)c1ccc(-c2ccccc2F)o1. The van der Waals surface area contributed by atoms with E-state index in [0.717, 1.165) is 38.4 Å². The van der Waals surface area contributed by atoms with Crippen LogP contribution in [0.2, 0.25) is 0 Å². The number of quaternary nitrogens is 1. The molecule has 0 radical (unpaired) electrons. The van der Waals surface area contributed by atoms with Crippen LogP contribution in [0.1, 0.15) is 22.2 Å². The minimum Gasteiger partial charge on any atom is -0.451 e. The van der Waals surface area contributed by atoms with E-state index in [9.17, 15) is 9.18 Å². The molecular weight excluding hydrogens is 371 g/mol. The summed E-state index contributed by atoms with van der Waals surface area (Å²) in [5, 5.41) is 3.09. The Labute approximate surface area is 169 Å². The third kappa shape index (κ3) is 4.72. The Morgan fingerprint density at radius 1 is 1.00 bits per heavy atom. The van der Waals surface area contributed by atoms with Crippen LogP contribution in [0.15, 0.2) is 71.1 Å². The van der Waals surface area contributed by atoms with Crippen LogP contribution < -0.4 is 10.2 Å². The number of hydrogen-bond donors (Lipinski definition) is 2. The second kappa shape index (κ2) is 9.03. The Kier molecular flexibility index (Phi) is 6.03. The molecule has 1 atom stereocenters. The van der Waals surface area contributed by atoms with Crippen molar-refractivity contribution in [1.29, 1.82) is 0 Å². The number of ether oxygens (including phenoxy) is 1. The largest absolute Gasteiger partial charge is 0.451 e. The van der Waals surface area contributed by atoms with Crippen molar-refractivity contribution in [3.8, 4) is 11.3 Å². The van der Waals surface area contributed by atoms with Gasteiger partial charge < -0.3 is 19.4 Å². The molecule has 1 aliphatic heterocycles. The summed E-state index contributed by atoms with van der Waals surface area (Å²) in [4.78, 5) is 14.3. The molecule has 0 unspecified atom stereocenters.